The molecule has 0 aromatic carbocycles. The van der Waals surface area contributed by atoms with Crippen LogP contribution in [0.2, 0.25) is 0 Å². The summed E-state index contributed by atoms with van der Waals surface area (Å²) in [6.45, 7) is 1.91. The first-order chi connectivity index (χ1) is 5.75. The summed E-state index contributed by atoms with van der Waals surface area (Å²) in [7, 11) is 0. The second-order valence-corrected chi connectivity index (χ2v) is 3.42. The summed E-state index contributed by atoms with van der Waals surface area (Å²) in [4.78, 5) is 4.90. The van der Waals surface area contributed by atoms with Gasteiger partial charge in [-0.3, -0.25) is 0 Å². The highest BCUT2D eigenvalue weighted by Gasteiger charge is 2.08. The van der Waals surface area contributed by atoms with E-state index in [1.54, 1.807) is 6.20 Å². The monoisotopic (exact) mass is 182 g/mol. The van der Waals surface area contributed by atoms with Crippen molar-refractivity contribution in [2.45, 2.75) is 6.92 Å². The molecular weight excluding hydrogens is 176 g/mol. The SMILES string of the molecule is Cc1ncc(-c2nnc(N)o2)s1. The van der Waals surface area contributed by atoms with Crippen LogP contribution in [-0.4, -0.2) is 15.2 Å². The molecule has 2 N–H and O–H groups in total. The Hall–Kier alpha value is -1.43. The van der Waals surface area contributed by atoms with Crippen LogP contribution in [0.4, 0.5) is 6.01 Å². The van der Waals surface area contributed by atoms with Crippen molar-refractivity contribution in [3.63, 3.8) is 0 Å². The van der Waals surface area contributed by atoms with Gasteiger partial charge in [-0.1, -0.05) is 5.10 Å². The zero-order chi connectivity index (χ0) is 8.55. The van der Waals surface area contributed by atoms with Crippen molar-refractivity contribution in [2.75, 3.05) is 5.73 Å². The second kappa shape index (κ2) is 2.56. The number of nitrogens with zero attached hydrogens (tertiary/aromatic N) is 3. The molecule has 0 spiro atoms. The minimum absolute atomic E-state index is 0.0797. The number of hydrogen-bond donors (Lipinski definition) is 1. The van der Waals surface area contributed by atoms with Gasteiger partial charge in [0.25, 0.3) is 5.89 Å². The van der Waals surface area contributed by atoms with Gasteiger partial charge < -0.3 is 10.2 Å². The summed E-state index contributed by atoms with van der Waals surface area (Å²) >= 11 is 1.49. The Kier molecular flexibility index (Phi) is 1.54. The largest absolute Gasteiger partial charge is 0.403 e. The average Bonchev–Trinajstić information content (AvgIpc) is 2.58. The van der Waals surface area contributed by atoms with E-state index in [9.17, 15) is 0 Å². The number of thiazole rings is 1. The van der Waals surface area contributed by atoms with Crippen LogP contribution in [0.1, 0.15) is 5.01 Å². The van der Waals surface area contributed by atoms with Gasteiger partial charge in [-0.05, 0) is 6.92 Å². The molecule has 0 aliphatic heterocycles. The number of anilines is 1. The van der Waals surface area contributed by atoms with E-state index >= 15 is 0 Å². The van der Waals surface area contributed by atoms with E-state index in [4.69, 9.17) is 10.2 Å². The van der Waals surface area contributed by atoms with E-state index < -0.39 is 0 Å². The summed E-state index contributed by atoms with van der Waals surface area (Å²) in [6.07, 6.45) is 1.69. The molecule has 0 aliphatic rings. The van der Waals surface area contributed by atoms with Crippen LogP contribution in [-0.2, 0) is 0 Å². The fraction of sp³-hybridized carbons (Fsp3) is 0.167. The Morgan fingerprint density at radius 1 is 1.50 bits per heavy atom. The molecule has 6 heteroatoms. The van der Waals surface area contributed by atoms with Crippen LogP contribution >= 0.6 is 11.3 Å². The van der Waals surface area contributed by atoms with Crippen LogP contribution in [0.3, 0.4) is 0 Å². The lowest BCUT2D eigenvalue weighted by atomic mass is 10.6. The van der Waals surface area contributed by atoms with E-state index in [-0.39, 0.29) is 6.01 Å². The first-order valence-corrected chi connectivity index (χ1v) is 4.09. The van der Waals surface area contributed by atoms with Crippen molar-refractivity contribution in [2.24, 2.45) is 0 Å². The first kappa shape index (κ1) is 7.23. The summed E-state index contributed by atoms with van der Waals surface area (Å²) in [6, 6.07) is 0.0797. The van der Waals surface area contributed by atoms with Crippen molar-refractivity contribution in [3.8, 4) is 10.8 Å². The van der Waals surface area contributed by atoms with E-state index in [1.807, 2.05) is 6.92 Å². The minimum atomic E-state index is 0.0797. The maximum atomic E-state index is 5.27. The third kappa shape index (κ3) is 1.16. The predicted octanol–water partition coefficient (Wildman–Crippen LogP) is 1.08. The van der Waals surface area contributed by atoms with Crippen molar-refractivity contribution in [1.29, 1.82) is 0 Å². The number of hydrogen-bond acceptors (Lipinski definition) is 6. The molecule has 0 saturated carbocycles. The van der Waals surface area contributed by atoms with E-state index in [0.717, 1.165) is 9.88 Å². The Balaban J connectivity index is 2.43. The normalized spacial score (nSPS) is 10.4. The van der Waals surface area contributed by atoms with Gasteiger partial charge in [0.05, 0.1) is 11.2 Å². The van der Waals surface area contributed by atoms with Gasteiger partial charge in [0.1, 0.15) is 4.88 Å². The fourth-order valence-corrected chi connectivity index (χ4v) is 1.49. The highest BCUT2D eigenvalue weighted by Crippen LogP contribution is 2.24. The van der Waals surface area contributed by atoms with Gasteiger partial charge in [0.15, 0.2) is 0 Å². The highest BCUT2D eigenvalue weighted by atomic mass is 32.1. The Bertz CT molecular complexity index is 355. The van der Waals surface area contributed by atoms with Gasteiger partial charge in [0, 0.05) is 0 Å². The molecule has 0 radical (unpaired) electrons. The summed E-state index contributed by atoms with van der Waals surface area (Å²) in [5.41, 5.74) is 5.27. The molecule has 0 saturated heterocycles. The van der Waals surface area contributed by atoms with Gasteiger partial charge in [0.2, 0.25) is 0 Å². The number of nitrogen functional groups attached to an aromatic ring is 1. The molecule has 0 aliphatic carbocycles. The fourth-order valence-electron chi connectivity index (χ4n) is 0.794. The molecular formula is C6H6N4OS. The molecule has 2 rings (SSSR count). The third-order valence-corrected chi connectivity index (χ3v) is 2.17. The summed E-state index contributed by atoms with van der Waals surface area (Å²) in [5, 5.41) is 8.23. The van der Waals surface area contributed by atoms with Crippen molar-refractivity contribution in [1.82, 2.24) is 15.2 Å². The van der Waals surface area contributed by atoms with E-state index in [0.29, 0.717) is 5.89 Å². The molecule has 2 aromatic rings. The lowest BCUT2D eigenvalue weighted by molar-refractivity contribution is 0.591. The number of rotatable bonds is 1. The lowest BCUT2D eigenvalue weighted by Crippen LogP contribution is -1.81. The van der Waals surface area contributed by atoms with Gasteiger partial charge in [-0.15, -0.1) is 16.4 Å². The topological polar surface area (TPSA) is 77.8 Å². The van der Waals surface area contributed by atoms with E-state index in [2.05, 4.69) is 15.2 Å². The predicted molar refractivity (Wildman–Crippen MR) is 44.6 cm³/mol. The zero-order valence-electron chi connectivity index (χ0n) is 6.31. The van der Waals surface area contributed by atoms with Gasteiger partial charge in [-0.25, -0.2) is 4.98 Å². The molecule has 5 nitrogen and oxygen atoms in total. The molecule has 2 aromatic heterocycles. The maximum absolute atomic E-state index is 5.27. The van der Waals surface area contributed by atoms with Crippen LogP contribution < -0.4 is 5.73 Å². The molecule has 0 bridgehead atoms. The minimum Gasteiger partial charge on any atom is -0.403 e. The van der Waals surface area contributed by atoms with Crippen LogP contribution in [0.25, 0.3) is 10.8 Å². The number of aromatic nitrogens is 3. The third-order valence-electron chi connectivity index (χ3n) is 1.27. The molecule has 12 heavy (non-hydrogen) atoms. The lowest BCUT2D eigenvalue weighted by Gasteiger charge is -1.81. The smallest absolute Gasteiger partial charge is 0.313 e. The van der Waals surface area contributed by atoms with Gasteiger partial charge in [-0.2, -0.15) is 0 Å². The Morgan fingerprint density at radius 2 is 2.33 bits per heavy atom. The first-order valence-electron chi connectivity index (χ1n) is 3.27. The molecule has 0 fully saturated rings. The Morgan fingerprint density at radius 3 is 2.83 bits per heavy atom. The van der Waals surface area contributed by atoms with Crippen molar-refractivity contribution < 1.29 is 4.42 Å². The molecule has 62 valence electrons. The van der Waals surface area contributed by atoms with Crippen molar-refractivity contribution >= 4 is 17.4 Å². The average molecular weight is 182 g/mol. The molecule has 0 amide bonds. The van der Waals surface area contributed by atoms with Crippen LogP contribution in [0.5, 0.6) is 0 Å². The molecule has 2 heterocycles. The Labute approximate surface area is 72.3 Å². The summed E-state index contributed by atoms with van der Waals surface area (Å²) in [5.74, 6) is 0.429. The zero-order valence-corrected chi connectivity index (χ0v) is 7.13. The standard InChI is InChI=1S/C6H6N4OS/c1-3-8-2-4(12-3)5-9-10-6(7)11-5/h2H,1H3,(H2,7,10). The molecule has 0 atom stereocenters. The molecule has 0 unspecified atom stereocenters. The summed E-state index contributed by atoms with van der Waals surface area (Å²) < 4.78 is 5.01. The van der Waals surface area contributed by atoms with E-state index in [1.165, 1.54) is 11.3 Å². The van der Waals surface area contributed by atoms with Gasteiger partial charge >= 0.3 is 6.01 Å². The maximum Gasteiger partial charge on any atom is 0.313 e. The number of nitrogens with two attached hydrogens (primary N) is 1. The van der Waals surface area contributed by atoms with Crippen molar-refractivity contribution in [3.05, 3.63) is 11.2 Å². The quantitative estimate of drug-likeness (QED) is 0.714. The van der Waals surface area contributed by atoms with Crippen LogP contribution in [0.15, 0.2) is 10.6 Å². The second-order valence-electron chi connectivity index (χ2n) is 2.19. The van der Waals surface area contributed by atoms with Crippen LogP contribution in [0, 0.1) is 6.92 Å². The number of aryl methyl sites for hydroxylation is 1. The highest BCUT2D eigenvalue weighted by molar-refractivity contribution is 7.14.